The highest BCUT2D eigenvalue weighted by atomic mass is 16.3. The van der Waals surface area contributed by atoms with Crippen molar-refractivity contribution in [2.75, 3.05) is 13.1 Å². The summed E-state index contributed by atoms with van der Waals surface area (Å²) in [5.41, 5.74) is 19.8. The molecule has 5 nitrogen and oxygen atoms in total. The molecule has 1 saturated heterocycles. The number of phenols is 1. The average Bonchev–Trinajstić information content (AvgIpc) is 2.66. The molecule has 0 aromatic heterocycles. The highest BCUT2D eigenvalue weighted by Gasteiger charge is 2.21. The molecule has 0 amide bonds. The molecule has 1 aromatic carbocycles. The minimum atomic E-state index is 0.147. The van der Waals surface area contributed by atoms with E-state index >= 15 is 0 Å². The summed E-state index contributed by atoms with van der Waals surface area (Å²) in [6.45, 7) is 6.29. The maximum absolute atomic E-state index is 9.96. The second-order valence-electron chi connectivity index (χ2n) is 6.65. The fourth-order valence-corrected chi connectivity index (χ4v) is 3.08. The predicted octanol–water partition coefficient (Wildman–Crippen LogP) is 2.15. The summed E-state index contributed by atoms with van der Waals surface area (Å²) in [6.07, 6.45) is 4.18. The topological polar surface area (TPSA) is 102 Å². The maximum Gasteiger partial charge on any atom is 0.124 e. The molecule has 1 aromatic rings. The van der Waals surface area contributed by atoms with Gasteiger partial charge in [0.05, 0.1) is 5.70 Å². The van der Waals surface area contributed by atoms with Gasteiger partial charge in [-0.05, 0) is 42.9 Å². The summed E-state index contributed by atoms with van der Waals surface area (Å²) in [5.74, 6) is 1.56. The van der Waals surface area contributed by atoms with Crippen LogP contribution in [-0.4, -0.2) is 23.1 Å². The van der Waals surface area contributed by atoms with Gasteiger partial charge >= 0.3 is 0 Å². The highest BCUT2D eigenvalue weighted by Crippen LogP contribution is 2.26. The Morgan fingerprint density at radius 1 is 1.09 bits per heavy atom. The van der Waals surface area contributed by atoms with E-state index in [1.54, 1.807) is 24.3 Å². The number of phenolic OH excluding ortho intramolecular Hbond substituents is 1. The Hall–Kier alpha value is -2.30. The first kappa shape index (κ1) is 17.1. The van der Waals surface area contributed by atoms with Crippen LogP contribution in [0.1, 0.15) is 32.3 Å². The standard InChI is InChI=1S/C18H28N4O/c1-12-7-8-13(2)11-22(10-12)16(18(20)21)9-15(19)14-5-3-4-6-17(14)23/h3-6,9,12-13,23H,7-8,10-11,19-21H2,1-2H3/b15-9-. The van der Waals surface area contributed by atoms with Gasteiger partial charge in [0.25, 0.3) is 0 Å². The first-order valence-electron chi connectivity index (χ1n) is 8.14. The van der Waals surface area contributed by atoms with E-state index in [1.807, 2.05) is 6.07 Å². The number of benzene rings is 1. The minimum Gasteiger partial charge on any atom is -0.507 e. The Morgan fingerprint density at radius 2 is 1.65 bits per heavy atom. The first-order valence-corrected chi connectivity index (χ1v) is 8.14. The van der Waals surface area contributed by atoms with Crippen LogP contribution in [0.5, 0.6) is 5.75 Å². The lowest BCUT2D eigenvalue weighted by atomic mass is 10.0. The molecule has 1 aliphatic rings. The molecular formula is C18H28N4O. The van der Waals surface area contributed by atoms with Crippen molar-refractivity contribution in [1.29, 1.82) is 0 Å². The Labute approximate surface area is 138 Å². The minimum absolute atomic E-state index is 0.147. The zero-order valence-electron chi connectivity index (χ0n) is 14.0. The highest BCUT2D eigenvalue weighted by molar-refractivity contribution is 5.69. The van der Waals surface area contributed by atoms with Crippen molar-refractivity contribution in [3.63, 3.8) is 0 Å². The Balaban J connectivity index is 2.34. The molecule has 0 aliphatic carbocycles. The molecule has 0 spiro atoms. The number of aromatic hydroxyl groups is 1. The number of nitrogens with two attached hydrogens (primary N) is 3. The molecule has 1 fully saturated rings. The molecule has 1 heterocycles. The SMILES string of the molecule is CC1CCC(C)CN(C(/C=C(\N)c2ccccc2O)=C(N)N)C1. The number of likely N-dealkylation sites (tertiary alicyclic amines) is 1. The van der Waals surface area contributed by atoms with Crippen LogP contribution < -0.4 is 17.2 Å². The lowest BCUT2D eigenvalue weighted by molar-refractivity contribution is 0.301. The van der Waals surface area contributed by atoms with Gasteiger partial charge in [0.15, 0.2) is 0 Å². The van der Waals surface area contributed by atoms with Crippen LogP contribution >= 0.6 is 0 Å². The number of rotatable bonds is 3. The second-order valence-corrected chi connectivity index (χ2v) is 6.65. The Morgan fingerprint density at radius 3 is 2.17 bits per heavy atom. The van der Waals surface area contributed by atoms with Gasteiger partial charge in [-0.15, -0.1) is 0 Å². The zero-order valence-corrected chi connectivity index (χ0v) is 14.0. The number of hydrogen-bond acceptors (Lipinski definition) is 5. The van der Waals surface area contributed by atoms with Crippen molar-refractivity contribution in [3.8, 4) is 5.75 Å². The fourth-order valence-electron chi connectivity index (χ4n) is 3.08. The van der Waals surface area contributed by atoms with Crippen LogP contribution in [0.15, 0.2) is 41.9 Å². The van der Waals surface area contributed by atoms with E-state index in [4.69, 9.17) is 17.2 Å². The molecule has 0 bridgehead atoms. The normalized spacial score (nSPS) is 22.5. The Kier molecular flexibility index (Phi) is 5.42. The van der Waals surface area contributed by atoms with Gasteiger partial charge in [-0.2, -0.15) is 0 Å². The molecule has 2 rings (SSSR count). The number of para-hydroxylation sites is 1. The van der Waals surface area contributed by atoms with Gasteiger partial charge in [-0.1, -0.05) is 26.0 Å². The second kappa shape index (κ2) is 7.31. The lowest BCUT2D eigenvalue weighted by Crippen LogP contribution is -2.32. The van der Waals surface area contributed by atoms with Crippen LogP contribution in [0.4, 0.5) is 0 Å². The third-order valence-electron chi connectivity index (χ3n) is 4.36. The molecule has 7 N–H and O–H groups in total. The molecule has 23 heavy (non-hydrogen) atoms. The van der Waals surface area contributed by atoms with Crippen LogP contribution in [-0.2, 0) is 0 Å². The van der Waals surface area contributed by atoms with Crippen molar-refractivity contribution in [3.05, 3.63) is 47.4 Å². The third kappa shape index (κ3) is 4.34. The summed E-state index contributed by atoms with van der Waals surface area (Å²) < 4.78 is 0. The van der Waals surface area contributed by atoms with Crippen molar-refractivity contribution < 1.29 is 5.11 Å². The fraction of sp³-hybridized carbons (Fsp3) is 0.444. The van der Waals surface area contributed by atoms with E-state index in [0.717, 1.165) is 18.8 Å². The quantitative estimate of drug-likeness (QED) is 0.640. The van der Waals surface area contributed by atoms with Gasteiger partial charge in [0.2, 0.25) is 0 Å². The third-order valence-corrected chi connectivity index (χ3v) is 4.36. The van der Waals surface area contributed by atoms with Crippen molar-refractivity contribution >= 4 is 5.70 Å². The van der Waals surface area contributed by atoms with E-state index in [2.05, 4.69) is 18.7 Å². The van der Waals surface area contributed by atoms with E-state index in [1.165, 1.54) is 12.8 Å². The summed E-state index contributed by atoms with van der Waals surface area (Å²) in [4.78, 5) is 2.21. The Bertz CT molecular complexity index is 593. The van der Waals surface area contributed by atoms with Gasteiger partial charge in [-0.25, -0.2) is 0 Å². The lowest BCUT2D eigenvalue weighted by Gasteiger charge is -2.28. The van der Waals surface area contributed by atoms with Gasteiger partial charge in [-0.3, -0.25) is 0 Å². The summed E-state index contributed by atoms with van der Waals surface area (Å²) in [5, 5.41) is 9.96. The maximum atomic E-state index is 9.96. The first-order chi connectivity index (χ1) is 10.9. The molecule has 0 saturated carbocycles. The van der Waals surface area contributed by atoms with Gasteiger partial charge < -0.3 is 27.2 Å². The van der Waals surface area contributed by atoms with E-state index in [-0.39, 0.29) is 11.6 Å². The van der Waals surface area contributed by atoms with E-state index < -0.39 is 0 Å². The monoisotopic (exact) mass is 316 g/mol. The summed E-state index contributed by atoms with van der Waals surface area (Å²) in [7, 11) is 0. The molecule has 1 aliphatic heterocycles. The number of nitrogens with zero attached hydrogens (tertiary/aromatic N) is 1. The van der Waals surface area contributed by atoms with E-state index in [0.29, 0.717) is 23.1 Å². The largest absolute Gasteiger partial charge is 0.507 e. The van der Waals surface area contributed by atoms with Crippen molar-refractivity contribution in [1.82, 2.24) is 4.90 Å². The molecule has 2 unspecified atom stereocenters. The zero-order chi connectivity index (χ0) is 17.0. The molecule has 2 atom stereocenters. The smallest absolute Gasteiger partial charge is 0.124 e. The number of hydrogen-bond donors (Lipinski definition) is 4. The molecule has 5 heteroatoms. The van der Waals surface area contributed by atoms with Crippen LogP contribution in [0.25, 0.3) is 5.70 Å². The number of allylic oxidation sites excluding steroid dienone is 1. The van der Waals surface area contributed by atoms with Gasteiger partial charge in [0, 0.05) is 24.4 Å². The predicted molar refractivity (Wildman–Crippen MR) is 94.8 cm³/mol. The van der Waals surface area contributed by atoms with Crippen LogP contribution in [0, 0.1) is 11.8 Å². The van der Waals surface area contributed by atoms with Crippen molar-refractivity contribution in [2.24, 2.45) is 29.0 Å². The van der Waals surface area contributed by atoms with Crippen molar-refractivity contribution in [2.45, 2.75) is 26.7 Å². The molecule has 126 valence electrons. The van der Waals surface area contributed by atoms with Gasteiger partial charge in [0.1, 0.15) is 11.6 Å². The van der Waals surface area contributed by atoms with Crippen LogP contribution in [0.3, 0.4) is 0 Å². The van der Waals surface area contributed by atoms with Crippen LogP contribution in [0.2, 0.25) is 0 Å². The molecule has 0 radical (unpaired) electrons. The van der Waals surface area contributed by atoms with E-state index in [9.17, 15) is 5.11 Å². The average molecular weight is 316 g/mol. The molecular weight excluding hydrogens is 288 g/mol. The summed E-state index contributed by atoms with van der Waals surface area (Å²) >= 11 is 0. The summed E-state index contributed by atoms with van der Waals surface area (Å²) in [6, 6.07) is 6.99.